The van der Waals surface area contributed by atoms with Gasteiger partial charge in [0.15, 0.2) is 18.9 Å². The van der Waals surface area contributed by atoms with E-state index in [0.29, 0.717) is 18.8 Å². The first-order valence-electron chi connectivity index (χ1n) is 20.9. The molecule has 3 saturated heterocycles. The van der Waals surface area contributed by atoms with Crippen molar-refractivity contribution in [2.24, 2.45) is 34.5 Å². The van der Waals surface area contributed by atoms with E-state index in [-0.39, 0.29) is 61.1 Å². The number of esters is 1. The molecular weight excluding hydrogens is 716 g/mol. The second-order valence-electron chi connectivity index (χ2n) is 18.8. The Morgan fingerprint density at radius 1 is 0.691 bits per heavy atom. The van der Waals surface area contributed by atoms with Crippen molar-refractivity contribution in [2.75, 3.05) is 6.61 Å². The van der Waals surface area contributed by atoms with Crippen LogP contribution in [0.15, 0.2) is 11.6 Å². The second-order valence-corrected chi connectivity index (χ2v) is 18.8. The fraction of sp³-hybridized carbons (Fsp3) is 0.927. The molecule has 4 saturated carbocycles. The van der Waals surface area contributed by atoms with Crippen LogP contribution in [0.4, 0.5) is 0 Å². The summed E-state index contributed by atoms with van der Waals surface area (Å²) in [5.74, 6) is 0.204. The van der Waals surface area contributed by atoms with Crippen molar-refractivity contribution >= 4 is 5.97 Å². The normalized spacial score (nSPS) is 55.5. The van der Waals surface area contributed by atoms with E-state index < -0.39 is 90.9 Å². The van der Waals surface area contributed by atoms with Gasteiger partial charge in [0.2, 0.25) is 0 Å². The summed E-state index contributed by atoms with van der Waals surface area (Å²) in [6.45, 7) is 9.90. The lowest BCUT2D eigenvalue weighted by Gasteiger charge is -2.65. The number of carbonyl (C=O) groups is 1. The van der Waals surface area contributed by atoms with Crippen LogP contribution < -0.4 is 0 Å². The van der Waals surface area contributed by atoms with Crippen molar-refractivity contribution in [1.29, 1.82) is 0 Å². The van der Waals surface area contributed by atoms with E-state index in [9.17, 15) is 35.4 Å². The van der Waals surface area contributed by atoms with E-state index in [1.165, 1.54) is 0 Å². The lowest BCUT2D eigenvalue weighted by Crippen LogP contribution is -2.67. The van der Waals surface area contributed by atoms with Gasteiger partial charge in [-0.2, -0.15) is 0 Å². The summed E-state index contributed by atoms with van der Waals surface area (Å²) in [5.41, 5.74) is -0.892. The number of hydrogen-bond donors (Lipinski definition) is 6. The largest absolute Gasteiger partial charge is 0.458 e. The van der Waals surface area contributed by atoms with Gasteiger partial charge in [-0.15, -0.1) is 0 Å². The first-order valence-corrected chi connectivity index (χ1v) is 20.9. The molecule has 55 heavy (non-hydrogen) atoms. The molecule has 0 aromatic rings. The molecule has 8 rings (SSSR count). The molecule has 0 amide bonds. The molecule has 4 aliphatic heterocycles. The molecule has 8 aliphatic rings. The fourth-order valence-corrected chi connectivity index (χ4v) is 12.8. The van der Waals surface area contributed by atoms with E-state index in [4.69, 9.17) is 33.2 Å². The van der Waals surface area contributed by atoms with E-state index in [0.717, 1.165) is 44.1 Å². The Morgan fingerprint density at radius 3 is 1.87 bits per heavy atom. The van der Waals surface area contributed by atoms with Gasteiger partial charge in [0, 0.05) is 30.8 Å². The van der Waals surface area contributed by atoms with Crippen LogP contribution in [0.25, 0.3) is 0 Å². The minimum Gasteiger partial charge on any atom is -0.458 e. The summed E-state index contributed by atoms with van der Waals surface area (Å²) < 4.78 is 42.1. The number of aliphatic hydroxyl groups excluding tert-OH is 5. The molecule has 0 aromatic carbocycles. The molecule has 0 radical (unpaired) electrons. The first-order chi connectivity index (χ1) is 26.0. The molecule has 6 N–H and O–H groups in total. The quantitative estimate of drug-likeness (QED) is 0.162. The summed E-state index contributed by atoms with van der Waals surface area (Å²) in [7, 11) is 0. The average molecular weight is 781 g/mol. The van der Waals surface area contributed by atoms with Crippen LogP contribution in [0.5, 0.6) is 0 Å². The zero-order valence-electron chi connectivity index (χ0n) is 32.9. The molecule has 0 unspecified atom stereocenters. The van der Waals surface area contributed by atoms with E-state index in [1.54, 1.807) is 19.9 Å². The van der Waals surface area contributed by atoms with Gasteiger partial charge < -0.3 is 63.8 Å². The fourth-order valence-electron chi connectivity index (χ4n) is 12.8. The predicted molar refractivity (Wildman–Crippen MR) is 193 cm³/mol. The molecule has 14 nitrogen and oxygen atoms in total. The van der Waals surface area contributed by atoms with Gasteiger partial charge in [-0.05, 0) is 107 Å². The standard InChI is InChI=1S/C41H64O14/c1-19-36(47)28(42)15-34(50-19)54-38-21(3)52-35(17-30(38)44)55-37-20(2)51-33(16-29(37)43)53-24-8-10-39(4)23(13-24)6-7-26-27(39)14-31(45)40(5)25(9-11-41(26,40)48)22-12-32(46)49-18-22/h12,19-21,23-31,33-38,42-45,47-48H,6-11,13-18H2,1-5H3/t19-,20-,21-,23-,24+,25-,26-,27+,28+,29+,30+,31-,33+,34-,35-,36-,37+,38-,39+,40+,41+/m1/s1. The highest BCUT2D eigenvalue weighted by Crippen LogP contribution is 2.70. The van der Waals surface area contributed by atoms with Crippen LogP contribution in [-0.2, 0) is 38.0 Å². The molecule has 0 bridgehead atoms. The van der Waals surface area contributed by atoms with Crippen LogP contribution in [0.2, 0.25) is 0 Å². The predicted octanol–water partition coefficient (Wildman–Crippen LogP) is 2.22. The second kappa shape index (κ2) is 15.1. The summed E-state index contributed by atoms with van der Waals surface area (Å²) in [5, 5.41) is 66.9. The molecule has 7 fully saturated rings. The number of fused-ring (bicyclic) bond motifs is 5. The monoisotopic (exact) mass is 780 g/mol. The van der Waals surface area contributed by atoms with Crippen LogP contribution >= 0.6 is 0 Å². The van der Waals surface area contributed by atoms with Crippen molar-refractivity contribution in [2.45, 2.75) is 197 Å². The lowest BCUT2D eigenvalue weighted by molar-refractivity contribution is -0.336. The van der Waals surface area contributed by atoms with Gasteiger partial charge in [0.05, 0.1) is 54.4 Å². The Balaban J connectivity index is 0.837. The van der Waals surface area contributed by atoms with E-state index in [1.807, 2.05) is 13.8 Å². The van der Waals surface area contributed by atoms with Crippen LogP contribution in [0, 0.1) is 34.5 Å². The Morgan fingerprint density at radius 2 is 1.29 bits per heavy atom. The summed E-state index contributed by atoms with van der Waals surface area (Å²) >= 11 is 0. The van der Waals surface area contributed by atoms with Gasteiger partial charge in [-0.1, -0.05) is 13.8 Å². The van der Waals surface area contributed by atoms with Gasteiger partial charge in [-0.25, -0.2) is 4.79 Å². The minimum atomic E-state index is -1.01. The number of rotatable bonds is 7. The molecular formula is C41H64O14. The third-order valence-corrected chi connectivity index (χ3v) is 16.0. The molecule has 312 valence electrons. The molecule has 0 aromatic heterocycles. The van der Waals surface area contributed by atoms with Gasteiger partial charge in [0.25, 0.3) is 0 Å². The highest BCUT2D eigenvalue weighted by molar-refractivity contribution is 5.85. The van der Waals surface area contributed by atoms with Crippen molar-refractivity contribution < 1.29 is 68.6 Å². The number of carbonyl (C=O) groups excluding carboxylic acids is 1. The zero-order chi connectivity index (χ0) is 39.2. The third kappa shape index (κ3) is 6.95. The SMILES string of the molecule is C[C@H]1O[C@H](O[C@H]2[C@@H](O)C[C@@H](O[C@@H]3[C@@H](O)C[C@H](O[C@H]4CC[C@@]5(C)[C@H](CC[C@@H]6[C@@H]5C[C@@H](O)[C@]5(C)[C@@H](C7=CC(=O)OC7)CC[C@]65O)C4)O[C@@H]3C)O[C@@H]2C)C[C@H](O)[C@@H]1O. The summed E-state index contributed by atoms with van der Waals surface area (Å²) in [6, 6.07) is 0. The Kier molecular flexibility index (Phi) is 11.1. The molecule has 21 atom stereocenters. The van der Waals surface area contributed by atoms with Crippen molar-refractivity contribution in [1.82, 2.24) is 0 Å². The Labute approximate surface area is 323 Å². The van der Waals surface area contributed by atoms with E-state index in [2.05, 4.69) is 6.92 Å². The molecule has 14 heteroatoms. The summed E-state index contributed by atoms with van der Waals surface area (Å²) in [6.07, 6.45) is -1.51. The van der Waals surface area contributed by atoms with Gasteiger partial charge in [-0.3, -0.25) is 0 Å². The lowest BCUT2D eigenvalue weighted by atomic mass is 9.42. The van der Waals surface area contributed by atoms with Gasteiger partial charge >= 0.3 is 5.97 Å². The Bertz CT molecular complexity index is 1410. The highest BCUT2D eigenvalue weighted by atomic mass is 16.7. The number of hydrogen-bond acceptors (Lipinski definition) is 14. The first kappa shape index (κ1) is 40.5. The van der Waals surface area contributed by atoms with Gasteiger partial charge in [0.1, 0.15) is 24.9 Å². The number of aliphatic hydroxyl groups is 6. The van der Waals surface area contributed by atoms with Crippen LogP contribution in [-0.4, -0.2) is 135 Å². The van der Waals surface area contributed by atoms with Crippen LogP contribution in [0.3, 0.4) is 0 Å². The molecule has 4 aliphatic carbocycles. The molecule has 0 spiro atoms. The summed E-state index contributed by atoms with van der Waals surface area (Å²) in [4.78, 5) is 11.9. The Hall–Kier alpha value is -1.27. The number of cyclic esters (lactones) is 1. The van der Waals surface area contributed by atoms with Crippen LogP contribution in [0.1, 0.15) is 105 Å². The number of ether oxygens (including phenoxy) is 7. The minimum absolute atomic E-state index is 0.0452. The highest BCUT2D eigenvalue weighted by Gasteiger charge is 2.71. The topological polar surface area (TPSA) is 203 Å². The maximum Gasteiger partial charge on any atom is 0.331 e. The molecule has 4 heterocycles. The average Bonchev–Trinajstić information content (AvgIpc) is 3.67. The van der Waals surface area contributed by atoms with E-state index >= 15 is 0 Å². The van der Waals surface area contributed by atoms with Crippen molar-refractivity contribution in [3.05, 3.63) is 11.6 Å². The smallest absolute Gasteiger partial charge is 0.331 e. The van der Waals surface area contributed by atoms with Crippen molar-refractivity contribution in [3.8, 4) is 0 Å². The maximum absolute atomic E-state index is 12.6. The zero-order valence-corrected chi connectivity index (χ0v) is 32.9. The maximum atomic E-state index is 12.6. The third-order valence-electron chi connectivity index (χ3n) is 16.0. The van der Waals surface area contributed by atoms with Crippen molar-refractivity contribution in [3.63, 3.8) is 0 Å².